The Morgan fingerprint density at radius 2 is 1.70 bits per heavy atom. The van der Waals surface area contributed by atoms with Crippen LogP contribution < -0.4 is 10.0 Å². The molecular weight excluding hydrogens is 431 g/mol. The Morgan fingerprint density at radius 3 is 2.37 bits per heavy atom. The van der Waals surface area contributed by atoms with Crippen molar-refractivity contribution in [1.82, 2.24) is 5.32 Å². The highest BCUT2D eigenvalue weighted by Gasteiger charge is 2.16. The molecule has 3 N–H and O–H groups in total. The second-order valence-electron chi connectivity index (χ2n) is 6.42. The van der Waals surface area contributed by atoms with Crippen molar-refractivity contribution in [2.45, 2.75) is 18.0 Å². The van der Waals surface area contributed by atoms with Gasteiger partial charge in [0.1, 0.15) is 5.82 Å². The summed E-state index contributed by atoms with van der Waals surface area (Å²) in [6.07, 6.45) is 0. The van der Waals surface area contributed by atoms with Gasteiger partial charge in [-0.2, -0.15) is 0 Å². The summed E-state index contributed by atoms with van der Waals surface area (Å²) in [6, 6.07) is 16.2. The van der Waals surface area contributed by atoms with Gasteiger partial charge in [-0.05, 0) is 53.6 Å². The zero-order valence-corrected chi connectivity index (χ0v) is 17.2. The second kappa shape index (κ2) is 9.25. The van der Waals surface area contributed by atoms with E-state index >= 15 is 0 Å². The molecule has 0 aliphatic rings. The van der Waals surface area contributed by atoms with Gasteiger partial charge in [0.25, 0.3) is 15.9 Å². The predicted octanol–water partition coefficient (Wildman–Crippen LogP) is 3.70. The molecule has 0 saturated heterocycles. The van der Waals surface area contributed by atoms with Crippen LogP contribution in [-0.4, -0.2) is 19.4 Å². The van der Waals surface area contributed by atoms with E-state index < -0.39 is 15.8 Å². The number of rotatable bonds is 7. The lowest BCUT2D eigenvalue weighted by Gasteiger charge is -2.10. The summed E-state index contributed by atoms with van der Waals surface area (Å²) in [7, 11) is -3.96. The summed E-state index contributed by atoms with van der Waals surface area (Å²) in [5.74, 6) is -1.04. The van der Waals surface area contributed by atoms with Crippen LogP contribution in [-0.2, 0) is 23.2 Å². The Labute approximate surface area is 178 Å². The molecular formula is C21H18ClFN2O4S. The minimum absolute atomic E-state index is 0.0801. The lowest BCUT2D eigenvalue weighted by molar-refractivity contribution is 0.0951. The molecule has 3 aromatic carbocycles. The van der Waals surface area contributed by atoms with Crippen molar-refractivity contribution in [2.75, 3.05) is 4.72 Å². The van der Waals surface area contributed by atoms with Crippen LogP contribution in [0.3, 0.4) is 0 Å². The molecule has 156 valence electrons. The fourth-order valence-electron chi connectivity index (χ4n) is 2.67. The highest BCUT2D eigenvalue weighted by Crippen LogP contribution is 2.22. The van der Waals surface area contributed by atoms with Crippen molar-refractivity contribution in [3.63, 3.8) is 0 Å². The van der Waals surface area contributed by atoms with Crippen LogP contribution in [0.4, 0.5) is 10.1 Å². The molecule has 0 fully saturated rings. The molecule has 0 radical (unpaired) electrons. The normalized spacial score (nSPS) is 11.2. The summed E-state index contributed by atoms with van der Waals surface area (Å²) < 4.78 is 40.4. The van der Waals surface area contributed by atoms with Crippen LogP contribution in [0.5, 0.6) is 0 Å². The van der Waals surface area contributed by atoms with Crippen molar-refractivity contribution in [3.05, 3.63) is 94.3 Å². The lowest BCUT2D eigenvalue weighted by Crippen LogP contribution is -2.22. The summed E-state index contributed by atoms with van der Waals surface area (Å²) in [5, 5.41) is 11.6. The van der Waals surface area contributed by atoms with Crippen molar-refractivity contribution in [3.8, 4) is 0 Å². The number of hydrogen-bond acceptors (Lipinski definition) is 4. The monoisotopic (exact) mass is 448 g/mol. The molecule has 0 spiro atoms. The zero-order chi connectivity index (χ0) is 21.7. The van der Waals surface area contributed by atoms with Gasteiger partial charge < -0.3 is 10.4 Å². The molecule has 9 heteroatoms. The molecule has 0 bridgehead atoms. The highest BCUT2D eigenvalue weighted by atomic mass is 35.5. The predicted molar refractivity (Wildman–Crippen MR) is 112 cm³/mol. The number of amides is 1. The van der Waals surface area contributed by atoms with Gasteiger partial charge in [0.15, 0.2) is 0 Å². The van der Waals surface area contributed by atoms with Crippen LogP contribution in [0.15, 0.2) is 71.6 Å². The first kappa shape index (κ1) is 21.8. The number of carbonyl (C=O) groups is 1. The van der Waals surface area contributed by atoms with Crippen molar-refractivity contribution < 1.29 is 22.7 Å². The standard InChI is InChI=1S/C21H18ClFN2O4S/c22-19-11-18(8-9-20(19)23)30(28,29)25-17-6-4-16(5-7-17)21(27)24-12-14-2-1-3-15(10-14)13-26/h1-11,25-26H,12-13H2,(H,24,27). The molecule has 0 aliphatic heterocycles. The molecule has 0 saturated carbocycles. The summed E-state index contributed by atoms with van der Waals surface area (Å²) in [5.41, 5.74) is 2.18. The first-order chi connectivity index (χ1) is 14.3. The maximum Gasteiger partial charge on any atom is 0.261 e. The van der Waals surface area contributed by atoms with E-state index in [1.54, 1.807) is 18.2 Å². The number of carbonyl (C=O) groups excluding carboxylic acids is 1. The summed E-state index contributed by atoms with van der Waals surface area (Å²) in [6.45, 7) is 0.204. The molecule has 1 amide bonds. The molecule has 3 rings (SSSR count). The SMILES string of the molecule is O=C(NCc1cccc(CO)c1)c1ccc(NS(=O)(=O)c2ccc(F)c(Cl)c2)cc1. The number of hydrogen-bond donors (Lipinski definition) is 3. The van der Waals surface area contributed by atoms with Crippen LogP contribution in [0, 0.1) is 5.82 Å². The Balaban J connectivity index is 1.65. The Morgan fingerprint density at radius 1 is 1.00 bits per heavy atom. The van der Waals surface area contributed by atoms with E-state index in [1.165, 1.54) is 24.3 Å². The quantitative estimate of drug-likeness (QED) is 0.513. The van der Waals surface area contributed by atoms with Gasteiger partial charge in [-0.25, -0.2) is 12.8 Å². The van der Waals surface area contributed by atoms with Gasteiger partial charge in [0.05, 0.1) is 16.5 Å². The fourth-order valence-corrected chi connectivity index (χ4v) is 4.00. The van der Waals surface area contributed by atoms with E-state index in [0.717, 1.165) is 29.3 Å². The molecule has 6 nitrogen and oxygen atoms in total. The summed E-state index contributed by atoms with van der Waals surface area (Å²) >= 11 is 5.65. The maximum atomic E-state index is 13.2. The topological polar surface area (TPSA) is 95.5 Å². The van der Waals surface area contributed by atoms with E-state index in [0.29, 0.717) is 5.56 Å². The van der Waals surface area contributed by atoms with Gasteiger partial charge in [0, 0.05) is 17.8 Å². The number of aliphatic hydroxyl groups is 1. The van der Waals surface area contributed by atoms with E-state index in [4.69, 9.17) is 16.7 Å². The summed E-state index contributed by atoms with van der Waals surface area (Å²) in [4.78, 5) is 12.1. The number of benzene rings is 3. The third-order valence-electron chi connectivity index (χ3n) is 4.23. The number of nitrogens with one attached hydrogen (secondary N) is 2. The first-order valence-electron chi connectivity index (χ1n) is 8.83. The van der Waals surface area contributed by atoms with Crippen LogP contribution in [0.25, 0.3) is 0 Å². The largest absolute Gasteiger partial charge is 0.392 e. The van der Waals surface area contributed by atoms with Gasteiger partial charge in [-0.3, -0.25) is 9.52 Å². The molecule has 30 heavy (non-hydrogen) atoms. The second-order valence-corrected chi connectivity index (χ2v) is 8.51. The molecule has 0 aromatic heterocycles. The van der Waals surface area contributed by atoms with Crippen LogP contribution >= 0.6 is 11.6 Å². The van der Waals surface area contributed by atoms with Crippen molar-refractivity contribution in [2.24, 2.45) is 0 Å². The average Bonchev–Trinajstić information content (AvgIpc) is 2.74. The Kier molecular flexibility index (Phi) is 6.71. The van der Waals surface area contributed by atoms with Gasteiger partial charge in [-0.15, -0.1) is 0 Å². The van der Waals surface area contributed by atoms with Gasteiger partial charge in [-0.1, -0.05) is 35.9 Å². The van der Waals surface area contributed by atoms with E-state index in [9.17, 15) is 17.6 Å². The first-order valence-corrected chi connectivity index (χ1v) is 10.7. The third-order valence-corrected chi connectivity index (χ3v) is 5.90. The number of aliphatic hydroxyl groups excluding tert-OH is 1. The maximum absolute atomic E-state index is 13.2. The average molecular weight is 449 g/mol. The minimum atomic E-state index is -3.96. The lowest BCUT2D eigenvalue weighted by atomic mass is 10.1. The third kappa shape index (κ3) is 5.35. The van der Waals surface area contributed by atoms with Crippen molar-refractivity contribution >= 4 is 33.2 Å². The Hall–Kier alpha value is -2.94. The van der Waals surface area contributed by atoms with Crippen LogP contribution in [0.2, 0.25) is 5.02 Å². The molecule has 3 aromatic rings. The fraction of sp³-hybridized carbons (Fsp3) is 0.0952. The highest BCUT2D eigenvalue weighted by molar-refractivity contribution is 7.92. The molecule has 0 heterocycles. The zero-order valence-electron chi connectivity index (χ0n) is 15.6. The van der Waals surface area contributed by atoms with Gasteiger partial charge in [0.2, 0.25) is 0 Å². The smallest absolute Gasteiger partial charge is 0.261 e. The van der Waals surface area contributed by atoms with Crippen LogP contribution in [0.1, 0.15) is 21.5 Å². The number of sulfonamides is 1. The van der Waals surface area contributed by atoms with E-state index in [2.05, 4.69) is 10.0 Å². The minimum Gasteiger partial charge on any atom is -0.392 e. The number of anilines is 1. The van der Waals surface area contributed by atoms with E-state index in [-0.39, 0.29) is 34.7 Å². The van der Waals surface area contributed by atoms with Gasteiger partial charge >= 0.3 is 0 Å². The molecule has 0 aliphatic carbocycles. The number of halogens is 2. The molecule has 0 atom stereocenters. The molecule has 0 unspecified atom stereocenters. The van der Waals surface area contributed by atoms with E-state index in [1.807, 2.05) is 6.07 Å². The van der Waals surface area contributed by atoms with Crippen molar-refractivity contribution in [1.29, 1.82) is 0 Å². The Bertz CT molecular complexity index is 1170.